The Bertz CT molecular complexity index is 3400. The predicted octanol–water partition coefficient (Wildman–Crippen LogP) is 3.56. The van der Waals surface area contributed by atoms with Gasteiger partial charge in [0.25, 0.3) is 35.4 Å². The average Bonchev–Trinajstić information content (AvgIpc) is 0.879. The Kier molecular flexibility index (Phi) is 37.3. The van der Waals surface area contributed by atoms with Crippen molar-refractivity contribution in [2.24, 2.45) is 0 Å². The molecule has 4 aromatic rings. The van der Waals surface area contributed by atoms with Crippen molar-refractivity contribution < 1.29 is 114 Å². The van der Waals surface area contributed by atoms with E-state index in [4.69, 9.17) is 75.4 Å². The van der Waals surface area contributed by atoms with E-state index in [0.717, 1.165) is 68.5 Å². The minimum Gasteiger partial charge on any atom is -0.422 e. The van der Waals surface area contributed by atoms with Gasteiger partial charge in [-0.1, -0.05) is 0 Å². The third-order valence-corrected chi connectivity index (χ3v) is 16.1. The summed E-state index contributed by atoms with van der Waals surface area (Å²) in [7, 11) is 0. The van der Waals surface area contributed by atoms with E-state index in [1.54, 1.807) is 12.1 Å². The van der Waals surface area contributed by atoms with Gasteiger partial charge in [-0.05, 0) is 88.3 Å². The number of hydrogen-bond donors (Lipinski definition) is 2. The van der Waals surface area contributed by atoms with Crippen LogP contribution in [-0.4, -0.2) is 255 Å². The molecular formula is C70H98N6O26. The van der Waals surface area contributed by atoms with Crippen LogP contribution >= 0.6 is 0 Å². The minimum absolute atomic E-state index is 0.0118. The summed E-state index contributed by atoms with van der Waals surface area (Å²) >= 11 is 0. The first-order chi connectivity index (χ1) is 49.8. The molecule has 8 rings (SSSR count). The summed E-state index contributed by atoms with van der Waals surface area (Å²) in [5, 5.41) is 7.94. The Labute approximate surface area is 591 Å². The van der Waals surface area contributed by atoms with Crippen LogP contribution < -0.4 is 31.7 Å². The molecule has 2 fully saturated rings. The number of unbranched alkanes of at least 4 members (excludes halogenated alkanes) is 1. The molecule has 32 heteroatoms. The van der Waals surface area contributed by atoms with Crippen molar-refractivity contribution in [1.29, 1.82) is 0 Å². The molecule has 0 radical (unpaired) electrons. The van der Waals surface area contributed by atoms with Gasteiger partial charge >= 0.3 is 23.2 Å². The number of rotatable bonds is 51. The largest absolute Gasteiger partial charge is 0.422 e. The van der Waals surface area contributed by atoms with Crippen molar-refractivity contribution >= 4 is 80.7 Å². The smallest absolute Gasteiger partial charge is 0.349 e. The van der Waals surface area contributed by atoms with Gasteiger partial charge in [-0.3, -0.25) is 28.8 Å². The summed E-state index contributed by atoms with van der Waals surface area (Å²) in [6.45, 7) is 17.2. The Balaban J connectivity index is 0.000000293. The zero-order chi connectivity index (χ0) is 72.5. The lowest BCUT2D eigenvalue weighted by Gasteiger charge is -2.37. The third kappa shape index (κ3) is 28.1. The topological polar surface area (TPSA) is 363 Å². The number of carbonyl (C=O) groups is 8. The van der Waals surface area contributed by atoms with Crippen LogP contribution in [0.25, 0.3) is 21.9 Å². The number of hydrogen-bond acceptors (Lipinski definition) is 28. The van der Waals surface area contributed by atoms with Gasteiger partial charge in [0, 0.05) is 112 Å². The van der Waals surface area contributed by atoms with Gasteiger partial charge in [0.15, 0.2) is 0 Å². The van der Waals surface area contributed by atoms with Gasteiger partial charge in [0.05, 0.1) is 158 Å². The van der Waals surface area contributed by atoms with Crippen molar-refractivity contribution in [2.75, 3.05) is 208 Å². The first-order valence-corrected chi connectivity index (χ1v) is 35.1. The molecule has 0 saturated carbocycles. The molecule has 2 N–H and O–H groups in total. The zero-order valence-corrected chi connectivity index (χ0v) is 58.6. The Morgan fingerprint density at radius 1 is 0.431 bits per heavy atom. The fourth-order valence-electron chi connectivity index (χ4n) is 11.0. The Morgan fingerprint density at radius 3 is 1.29 bits per heavy atom. The highest BCUT2D eigenvalue weighted by molar-refractivity contribution is 6.02. The number of imide groups is 2. The first kappa shape index (κ1) is 81.4. The molecule has 0 atom stereocenters. The number of carbonyl (C=O) groups excluding carboxylic acids is 8. The molecule has 102 heavy (non-hydrogen) atoms. The van der Waals surface area contributed by atoms with Crippen molar-refractivity contribution in [3.63, 3.8) is 0 Å². The summed E-state index contributed by atoms with van der Waals surface area (Å²) in [6, 6.07) is 10.9. The standard InChI is InChI=1S/C39H59N3O15.C31H39N3O11/c1-3-41(4-2)32-9-8-31-29-33(39(47)56-34(31)30-32)38(46)40-12-14-49-16-18-51-20-22-53-24-26-55-28-27-54-25-23-52-21-19-50-17-15-48-13-6-5-7-37(45)57-42-35(43)10-11-36(42)44;35-25-5-6-26(36)34(25)45-27(37)7-11-40-13-15-42-17-18-43-16-14-41-12-8-32-30(38)24-20-22-19-21-3-1-9-33-10-2-4-23(28(21)33)29(22)44-31(24)39/h8-9,29-30H,3-7,10-28H2,1-2H3,(H,40,46);19-20H,1-18H2,(H,32,38). The molecule has 0 aliphatic carbocycles. The van der Waals surface area contributed by atoms with Gasteiger partial charge < -0.3 is 95.8 Å². The van der Waals surface area contributed by atoms with Crippen LogP contribution in [-0.2, 0) is 108 Å². The SMILES string of the molecule is CCN(CC)c1ccc2cc(C(=O)NCCOCCOCCOCCOCCOCCOCCOCCOCCCCC(=O)ON3C(=O)CCC3=O)c(=O)oc2c1.O=C(CCOCCOCCOCCOCCNC(=O)c1cc2cc3c4c(c2oc1=O)CCCN4CCC3)ON1C(=O)CCC1=O. The highest BCUT2D eigenvalue weighted by Crippen LogP contribution is 2.40. The summed E-state index contributed by atoms with van der Waals surface area (Å²) in [5.74, 6) is -4.34. The second-order valence-electron chi connectivity index (χ2n) is 23.4. The lowest BCUT2D eigenvalue weighted by atomic mass is 9.90. The molecule has 564 valence electrons. The molecule has 6 amide bonds. The summed E-state index contributed by atoms with van der Waals surface area (Å²) in [6.07, 6.45) is 5.38. The molecule has 2 aromatic heterocycles. The molecule has 32 nitrogen and oxygen atoms in total. The molecule has 2 saturated heterocycles. The second-order valence-corrected chi connectivity index (χ2v) is 23.4. The van der Waals surface area contributed by atoms with Crippen molar-refractivity contribution in [1.82, 2.24) is 20.8 Å². The van der Waals surface area contributed by atoms with E-state index in [1.165, 1.54) is 11.3 Å². The molecule has 4 aliphatic rings. The van der Waals surface area contributed by atoms with Gasteiger partial charge in [-0.25, -0.2) is 19.2 Å². The van der Waals surface area contributed by atoms with Crippen LogP contribution in [0.5, 0.6) is 0 Å². The van der Waals surface area contributed by atoms with Crippen LogP contribution in [0.2, 0.25) is 0 Å². The van der Waals surface area contributed by atoms with Gasteiger partial charge in [0.2, 0.25) is 0 Å². The van der Waals surface area contributed by atoms with E-state index in [0.29, 0.717) is 172 Å². The maximum absolute atomic E-state index is 12.7. The number of benzene rings is 2. The monoisotopic (exact) mass is 1440 g/mol. The molecule has 2 aromatic carbocycles. The summed E-state index contributed by atoms with van der Waals surface area (Å²) < 4.78 is 76.5. The maximum Gasteiger partial charge on any atom is 0.349 e. The summed E-state index contributed by atoms with van der Waals surface area (Å²) in [4.78, 5) is 134. The number of amides is 6. The molecule has 6 heterocycles. The van der Waals surface area contributed by atoms with Crippen LogP contribution in [0, 0.1) is 0 Å². The quantitative estimate of drug-likeness (QED) is 0.0362. The van der Waals surface area contributed by atoms with Crippen molar-refractivity contribution in [2.45, 2.75) is 90.9 Å². The lowest BCUT2D eigenvalue weighted by molar-refractivity contribution is -0.198. The van der Waals surface area contributed by atoms with E-state index >= 15 is 0 Å². The number of anilines is 2. The van der Waals surface area contributed by atoms with E-state index in [2.05, 4.69) is 40.3 Å². The number of nitrogens with zero attached hydrogens (tertiary/aromatic N) is 4. The highest BCUT2D eigenvalue weighted by atomic mass is 16.7. The zero-order valence-electron chi connectivity index (χ0n) is 58.6. The highest BCUT2D eigenvalue weighted by Gasteiger charge is 2.34. The maximum atomic E-state index is 12.7. The predicted molar refractivity (Wildman–Crippen MR) is 365 cm³/mol. The van der Waals surface area contributed by atoms with Crippen LogP contribution in [0.1, 0.15) is 110 Å². The fraction of sp³-hybridized carbons (Fsp3) is 0.629. The van der Waals surface area contributed by atoms with Crippen molar-refractivity contribution in [3.8, 4) is 0 Å². The third-order valence-electron chi connectivity index (χ3n) is 16.1. The van der Waals surface area contributed by atoms with Gasteiger partial charge in [-0.15, -0.1) is 10.1 Å². The number of aryl methyl sites for hydroxylation is 2. The van der Waals surface area contributed by atoms with Gasteiger partial charge in [-0.2, -0.15) is 0 Å². The second kappa shape index (κ2) is 46.7. The molecule has 0 spiro atoms. The normalized spacial score (nSPS) is 14.2. The number of fused-ring (bicyclic) bond motifs is 3. The van der Waals surface area contributed by atoms with E-state index in [-0.39, 0.29) is 89.2 Å². The van der Waals surface area contributed by atoms with Crippen molar-refractivity contribution in [3.05, 3.63) is 79.5 Å². The number of nitrogens with one attached hydrogen (secondary N) is 2. The first-order valence-electron chi connectivity index (χ1n) is 35.1. The molecule has 0 unspecified atom stereocenters. The Hall–Kier alpha value is -7.86. The van der Waals surface area contributed by atoms with E-state index in [9.17, 15) is 47.9 Å². The van der Waals surface area contributed by atoms with E-state index in [1.807, 2.05) is 18.2 Å². The van der Waals surface area contributed by atoms with E-state index < -0.39 is 58.6 Å². The average molecular weight is 1440 g/mol. The van der Waals surface area contributed by atoms with Gasteiger partial charge in [0.1, 0.15) is 22.3 Å². The summed E-state index contributed by atoms with van der Waals surface area (Å²) in [5.41, 5.74) is 4.17. The number of ether oxygens (including phenoxy) is 12. The van der Waals surface area contributed by atoms with Crippen LogP contribution in [0.4, 0.5) is 11.4 Å². The fourth-order valence-corrected chi connectivity index (χ4v) is 11.0. The molecule has 0 bridgehead atoms. The molecular weight excluding hydrogens is 1340 g/mol. The van der Waals surface area contributed by atoms with Crippen LogP contribution in [0.3, 0.4) is 0 Å². The molecule has 4 aliphatic heterocycles. The minimum atomic E-state index is -0.714. The lowest BCUT2D eigenvalue weighted by Crippen LogP contribution is -2.35. The number of hydroxylamine groups is 4. The Morgan fingerprint density at radius 2 is 0.833 bits per heavy atom. The van der Waals surface area contributed by atoms with Crippen LogP contribution in [0.15, 0.2) is 54.8 Å².